The molecule has 0 aromatic carbocycles. The number of nitrogens with one attached hydrogen (secondary N) is 1. The van der Waals surface area contributed by atoms with Crippen molar-refractivity contribution in [2.24, 2.45) is 0 Å². The van der Waals surface area contributed by atoms with E-state index in [9.17, 15) is 13.2 Å². The molecule has 0 radical (unpaired) electrons. The van der Waals surface area contributed by atoms with Gasteiger partial charge in [-0.25, -0.2) is 8.42 Å². The van der Waals surface area contributed by atoms with Crippen molar-refractivity contribution in [2.45, 2.75) is 17.8 Å². The van der Waals surface area contributed by atoms with Crippen LogP contribution in [-0.2, 0) is 14.6 Å². The van der Waals surface area contributed by atoms with E-state index >= 15 is 0 Å². The number of hydrogen-bond acceptors (Lipinski definition) is 5. The molecule has 1 fully saturated rings. The lowest BCUT2D eigenvalue weighted by Crippen LogP contribution is -2.41. The molecule has 1 saturated heterocycles. The van der Waals surface area contributed by atoms with Gasteiger partial charge in [0.1, 0.15) is 0 Å². The van der Waals surface area contributed by atoms with Crippen molar-refractivity contribution >= 4 is 39.1 Å². The maximum Gasteiger partial charge on any atom is 0.230 e. The van der Waals surface area contributed by atoms with Gasteiger partial charge in [-0.05, 0) is 12.2 Å². The fourth-order valence-electron chi connectivity index (χ4n) is 1.52. The first kappa shape index (κ1) is 15.1. The normalized spacial score (nSPS) is 26.9. The van der Waals surface area contributed by atoms with Crippen LogP contribution in [-0.4, -0.2) is 60.5 Å². The molecule has 1 aliphatic heterocycles. The average molecular weight is 302 g/mol. The van der Waals surface area contributed by atoms with Crippen LogP contribution in [0.5, 0.6) is 0 Å². The Hall–Kier alpha value is 0.0200. The van der Waals surface area contributed by atoms with Gasteiger partial charge >= 0.3 is 0 Å². The van der Waals surface area contributed by atoms with Gasteiger partial charge in [0.15, 0.2) is 9.84 Å². The molecule has 1 aliphatic rings. The Morgan fingerprint density at radius 2 is 2.18 bits per heavy atom. The Morgan fingerprint density at radius 1 is 1.47 bits per heavy atom. The summed E-state index contributed by atoms with van der Waals surface area (Å²) in [5.41, 5.74) is 0. The van der Waals surface area contributed by atoms with Gasteiger partial charge in [-0.3, -0.25) is 4.79 Å². The highest BCUT2D eigenvalue weighted by Gasteiger charge is 2.37. The summed E-state index contributed by atoms with van der Waals surface area (Å²) in [4.78, 5) is 11.5. The van der Waals surface area contributed by atoms with Crippen molar-refractivity contribution in [3.8, 4) is 0 Å². The summed E-state index contributed by atoms with van der Waals surface area (Å²) in [7, 11) is -3.11. The van der Waals surface area contributed by atoms with Gasteiger partial charge in [0, 0.05) is 6.61 Å². The van der Waals surface area contributed by atoms with Crippen LogP contribution >= 0.6 is 23.4 Å². The molecule has 0 spiro atoms. The molecular formula is C9H16ClNO4S2. The third-order valence-electron chi connectivity index (χ3n) is 2.31. The molecule has 17 heavy (non-hydrogen) atoms. The van der Waals surface area contributed by atoms with E-state index < -0.39 is 21.3 Å². The van der Waals surface area contributed by atoms with E-state index in [4.69, 9.17) is 16.7 Å². The fraction of sp³-hybridized carbons (Fsp3) is 0.889. The van der Waals surface area contributed by atoms with E-state index in [1.807, 2.05) is 0 Å². The van der Waals surface area contributed by atoms with Gasteiger partial charge in [0.05, 0.1) is 28.7 Å². The number of sulfone groups is 1. The molecule has 2 unspecified atom stereocenters. The first-order valence-electron chi connectivity index (χ1n) is 5.27. The van der Waals surface area contributed by atoms with Gasteiger partial charge in [0.25, 0.3) is 0 Å². The number of rotatable bonds is 6. The highest BCUT2D eigenvalue weighted by atomic mass is 35.5. The molecule has 0 aromatic heterocycles. The Bertz CT molecular complexity index is 360. The summed E-state index contributed by atoms with van der Waals surface area (Å²) >= 11 is 7.26. The first-order chi connectivity index (χ1) is 7.94. The maximum atomic E-state index is 11.5. The van der Waals surface area contributed by atoms with Gasteiger partial charge in [0.2, 0.25) is 5.91 Å². The van der Waals surface area contributed by atoms with Crippen LogP contribution in [0, 0.1) is 0 Å². The second kappa shape index (κ2) is 6.82. The van der Waals surface area contributed by atoms with Gasteiger partial charge in [-0.1, -0.05) is 0 Å². The molecule has 0 aliphatic carbocycles. The first-order valence-corrected chi connectivity index (χ1v) is 8.68. The number of thioether (sulfide) groups is 1. The minimum Gasteiger partial charge on any atom is -0.396 e. The van der Waals surface area contributed by atoms with Crippen LogP contribution < -0.4 is 5.32 Å². The number of amides is 1. The molecule has 1 amide bonds. The molecule has 0 bridgehead atoms. The highest BCUT2D eigenvalue weighted by molar-refractivity contribution is 7.99. The number of aliphatic hydroxyl groups excluding tert-OH is 1. The predicted molar refractivity (Wildman–Crippen MR) is 69.3 cm³/mol. The van der Waals surface area contributed by atoms with Crippen LogP contribution in [0.4, 0.5) is 0 Å². The summed E-state index contributed by atoms with van der Waals surface area (Å²) in [5, 5.41) is 10.6. The van der Waals surface area contributed by atoms with Gasteiger partial charge < -0.3 is 10.4 Å². The lowest BCUT2D eigenvalue weighted by atomic mass is 10.2. The molecule has 1 heterocycles. The quantitative estimate of drug-likeness (QED) is 0.516. The molecule has 0 saturated carbocycles. The number of alkyl halides is 1. The summed E-state index contributed by atoms with van der Waals surface area (Å²) in [6.07, 6.45) is 0.647. The topological polar surface area (TPSA) is 83.5 Å². The Labute approximate surface area is 110 Å². The predicted octanol–water partition coefficient (Wildman–Crippen LogP) is -0.377. The van der Waals surface area contributed by atoms with Crippen LogP contribution in [0.3, 0.4) is 0 Å². The second-order valence-electron chi connectivity index (χ2n) is 3.90. The minimum atomic E-state index is -3.11. The third-order valence-corrected chi connectivity index (χ3v) is 5.73. The lowest BCUT2D eigenvalue weighted by molar-refractivity contribution is -0.119. The Balaban J connectivity index is 2.27. The molecule has 100 valence electrons. The van der Waals surface area contributed by atoms with E-state index in [-0.39, 0.29) is 29.8 Å². The lowest BCUT2D eigenvalue weighted by Gasteiger charge is -2.13. The van der Waals surface area contributed by atoms with Crippen LogP contribution in [0.25, 0.3) is 0 Å². The third kappa shape index (κ3) is 5.46. The average Bonchev–Trinajstić information content (AvgIpc) is 2.47. The van der Waals surface area contributed by atoms with Crippen molar-refractivity contribution in [2.75, 3.05) is 29.6 Å². The fourth-order valence-corrected chi connectivity index (χ4v) is 4.81. The SMILES string of the molecule is O=C(CSCCCO)NC1CS(=O)(=O)CC1Cl. The summed E-state index contributed by atoms with van der Waals surface area (Å²) in [5.74, 6) is 0.614. The van der Waals surface area contributed by atoms with E-state index in [1.165, 1.54) is 11.8 Å². The van der Waals surface area contributed by atoms with Crippen molar-refractivity contribution < 1.29 is 18.3 Å². The molecule has 8 heteroatoms. The van der Waals surface area contributed by atoms with E-state index in [0.717, 1.165) is 0 Å². The minimum absolute atomic E-state index is 0.0723. The highest BCUT2D eigenvalue weighted by Crippen LogP contribution is 2.18. The van der Waals surface area contributed by atoms with E-state index in [0.29, 0.717) is 12.2 Å². The molecule has 0 aromatic rings. The zero-order valence-corrected chi connectivity index (χ0v) is 11.7. The molecule has 1 rings (SSSR count). The zero-order chi connectivity index (χ0) is 12.9. The van der Waals surface area contributed by atoms with Crippen LogP contribution in [0.15, 0.2) is 0 Å². The summed E-state index contributed by atoms with van der Waals surface area (Å²) in [6, 6.07) is -0.479. The molecule has 5 nitrogen and oxygen atoms in total. The van der Waals surface area contributed by atoms with E-state index in [1.54, 1.807) is 0 Å². The van der Waals surface area contributed by atoms with Crippen molar-refractivity contribution in [3.05, 3.63) is 0 Å². The largest absolute Gasteiger partial charge is 0.396 e. The van der Waals surface area contributed by atoms with E-state index in [2.05, 4.69) is 5.32 Å². The zero-order valence-electron chi connectivity index (χ0n) is 9.26. The van der Waals surface area contributed by atoms with Crippen LogP contribution in [0.2, 0.25) is 0 Å². The maximum absolute atomic E-state index is 11.5. The van der Waals surface area contributed by atoms with Gasteiger partial charge in [-0.15, -0.1) is 11.6 Å². The van der Waals surface area contributed by atoms with Gasteiger partial charge in [-0.2, -0.15) is 11.8 Å². The number of carbonyl (C=O) groups is 1. The monoisotopic (exact) mass is 301 g/mol. The summed E-state index contributed by atoms with van der Waals surface area (Å²) < 4.78 is 22.5. The molecule has 2 N–H and O–H groups in total. The smallest absolute Gasteiger partial charge is 0.230 e. The number of hydrogen-bond donors (Lipinski definition) is 2. The number of carbonyl (C=O) groups excluding carboxylic acids is 1. The number of aliphatic hydroxyl groups is 1. The van der Waals surface area contributed by atoms with Crippen molar-refractivity contribution in [1.82, 2.24) is 5.32 Å². The Morgan fingerprint density at radius 3 is 2.71 bits per heavy atom. The Kier molecular flexibility index (Phi) is 6.05. The number of halogens is 1. The molecular weight excluding hydrogens is 286 g/mol. The van der Waals surface area contributed by atoms with Crippen LogP contribution in [0.1, 0.15) is 6.42 Å². The summed E-state index contributed by atoms with van der Waals surface area (Å²) in [6.45, 7) is 0.110. The molecule has 2 atom stereocenters. The van der Waals surface area contributed by atoms with Crippen molar-refractivity contribution in [3.63, 3.8) is 0 Å². The second-order valence-corrected chi connectivity index (χ2v) is 7.72. The standard InChI is InChI=1S/C9H16ClNO4S2/c10-7-5-17(14,15)6-8(7)11-9(13)4-16-3-1-2-12/h7-8,12H,1-6H2,(H,11,13). The van der Waals surface area contributed by atoms with Crippen molar-refractivity contribution in [1.29, 1.82) is 0 Å².